The second-order valence-corrected chi connectivity index (χ2v) is 5.87. The van der Waals surface area contributed by atoms with E-state index in [4.69, 9.17) is 11.5 Å². The van der Waals surface area contributed by atoms with Gasteiger partial charge in [-0.05, 0) is 80.0 Å². The summed E-state index contributed by atoms with van der Waals surface area (Å²) in [5.41, 5.74) is 17.8. The van der Waals surface area contributed by atoms with Gasteiger partial charge in [0, 0.05) is 11.3 Å². The van der Waals surface area contributed by atoms with Crippen molar-refractivity contribution in [1.29, 1.82) is 0 Å². The molecule has 3 heteroatoms. The van der Waals surface area contributed by atoms with Crippen molar-refractivity contribution < 1.29 is 5.11 Å². The first kappa shape index (κ1) is 15.6. The lowest BCUT2D eigenvalue weighted by molar-refractivity contribution is 0.465. The predicted octanol–water partition coefficient (Wildman–Crippen LogP) is 3.47. The SMILES string of the molecule is CC/C=C1\CC(CN)CC\C1=C(/N)c1ccc(O)cc1C. The minimum absolute atomic E-state index is 0.283. The summed E-state index contributed by atoms with van der Waals surface area (Å²) in [6.45, 7) is 4.88. The van der Waals surface area contributed by atoms with Crippen LogP contribution >= 0.6 is 0 Å². The van der Waals surface area contributed by atoms with Gasteiger partial charge >= 0.3 is 0 Å². The van der Waals surface area contributed by atoms with Gasteiger partial charge in [0.2, 0.25) is 0 Å². The molecule has 1 aliphatic carbocycles. The average Bonchev–Trinajstić information content (AvgIpc) is 2.47. The second kappa shape index (κ2) is 6.81. The van der Waals surface area contributed by atoms with Crippen LogP contribution in [0.4, 0.5) is 0 Å². The van der Waals surface area contributed by atoms with Gasteiger partial charge in [0.15, 0.2) is 0 Å². The van der Waals surface area contributed by atoms with E-state index < -0.39 is 0 Å². The summed E-state index contributed by atoms with van der Waals surface area (Å²) in [5, 5.41) is 9.55. The third kappa shape index (κ3) is 3.48. The summed E-state index contributed by atoms with van der Waals surface area (Å²) < 4.78 is 0. The highest BCUT2D eigenvalue weighted by Gasteiger charge is 2.22. The first-order valence-electron chi connectivity index (χ1n) is 7.74. The lowest BCUT2D eigenvalue weighted by Crippen LogP contribution is -2.21. The van der Waals surface area contributed by atoms with Crippen LogP contribution in [0, 0.1) is 12.8 Å². The Bertz CT molecular complexity index is 573. The van der Waals surface area contributed by atoms with E-state index in [9.17, 15) is 5.11 Å². The van der Waals surface area contributed by atoms with Crippen molar-refractivity contribution in [2.75, 3.05) is 6.54 Å². The van der Waals surface area contributed by atoms with Crippen LogP contribution in [-0.4, -0.2) is 11.7 Å². The molecular formula is C18H26N2O. The van der Waals surface area contributed by atoms with Crippen LogP contribution in [0.25, 0.3) is 5.70 Å². The maximum Gasteiger partial charge on any atom is 0.115 e. The van der Waals surface area contributed by atoms with Crippen molar-refractivity contribution in [3.8, 4) is 5.75 Å². The van der Waals surface area contributed by atoms with Crippen LogP contribution in [-0.2, 0) is 0 Å². The van der Waals surface area contributed by atoms with E-state index in [1.54, 1.807) is 12.1 Å². The van der Waals surface area contributed by atoms with Crippen LogP contribution in [0.1, 0.15) is 43.7 Å². The summed E-state index contributed by atoms with van der Waals surface area (Å²) in [5.74, 6) is 0.852. The standard InChI is InChI=1S/C18H26N2O/c1-3-4-14-10-13(11-19)5-7-17(14)18(20)16-8-6-15(21)9-12(16)2/h4,6,8-9,13,21H,3,5,7,10-11,19-20H2,1-2H3/b14-4+,18-17+. The number of benzene rings is 1. The Kier molecular flexibility index (Phi) is 5.07. The van der Waals surface area contributed by atoms with Gasteiger partial charge in [-0.1, -0.05) is 13.0 Å². The lowest BCUT2D eigenvalue weighted by atomic mass is 9.79. The molecular weight excluding hydrogens is 260 g/mol. The molecule has 1 unspecified atom stereocenters. The summed E-state index contributed by atoms with van der Waals surface area (Å²) in [6.07, 6.45) is 6.40. The molecule has 0 spiro atoms. The molecule has 5 N–H and O–H groups in total. The Morgan fingerprint density at radius 1 is 1.43 bits per heavy atom. The molecule has 0 aliphatic heterocycles. The molecule has 0 radical (unpaired) electrons. The molecule has 1 aromatic rings. The minimum atomic E-state index is 0.283. The molecule has 1 fully saturated rings. The molecule has 21 heavy (non-hydrogen) atoms. The fourth-order valence-corrected chi connectivity index (χ4v) is 3.12. The van der Waals surface area contributed by atoms with Gasteiger partial charge in [-0.25, -0.2) is 0 Å². The average molecular weight is 286 g/mol. The Labute approximate surface area is 127 Å². The number of allylic oxidation sites excluding steroid dienone is 3. The Hall–Kier alpha value is -1.74. The highest BCUT2D eigenvalue weighted by Crippen LogP contribution is 2.36. The number of phenolic OH excluding ortho intramolecular Hbond substituents is 1. The molecule has 0 bridgehead atoms. The summed E-state index contributed by atoms with van der Waals surface area (Å²) in [4.78, 5) is 0. The first-order chi connectivity index (χ1) is 10.1. The highest BCUT2D eigenvalue weighted by molar-refractivity contribution is 5.72. The number of rotatable bonds is 3. The number of hydrogen-bond donors (Lipinski definition) is 3. The molecule has 2 rings (SSSR count). The van der Waals surface area contributed by atoms with E-state index in [1.165, 1.54) is 11.1 Å². The Morgan fingerprint density at radius 2 is 2.19 bits per heavy atom. The molecule has 1 aliphatic rings. The maximum atomic E-state index is 9.55. The van der Waals surface area contributed by atoms with Crippen LogP contribution in [0.15, 0.2) is 35.4 Å². The van der Waals surface area contributed by atoms with E-state index in [-0.39, 0.29) is 5.75 Å². The maximum absolute atomic E-state index is 9.55. The van der Waals surface area contributed by atoms with E-state index in [1.807, 2.05) is 13.0 Å². The van der Waals surface area contributed by atoms with Crippen molar-refractivity contribution in [3.05, 3.63) is 46.5 Å². The topological polar surface area (TPSA) is 72.3 Å². The smallest absolute Gasteiger partial charge is 0.115 e. The van der Waals surface area contributed by atoms with Gasteiger partial charge < -0.3 is 16.6 Å². The minimum Gasteiger partial charge on any atom is -0.508 e. The van der Waals surface area contributed by atoms with E-state index in [0.29, 0.717) is 5.92 Å². The molecule has 1 aromatic carbocycles. The van der Waals surface area contributed by atoms with E-state index in [0.717, 1.165) is 49.1 Å². The zero-order chi connectivity index (χ0) is 15.4. The number of phenols is 1. The fraction of sp³-hybridized carbons (Fsp3) is 0.444. The van der Waals surface area contributed by atoms with Crippen molar-refractivity contribution in [2.45, 2.75) is 39.5 Å². The van der Waals surface area contributed by atoms with E-state index in [2.05, 4.69) is 13.0 Å². The first-order valence-corrected chi connectivity index (χ1v) is 7.74. The van der Waals surface area contributed by atoms with Crippen LogP contribution in [0.3, 0.4) is 0 Å². The Balaban J connectivity index is 2.42. The van der Waals surface area contributed by atoms with Gasteiger partial charge in [-0.15, -0.1) is 0 Å². The van der Waals surface area contributed by atoms with Crippen molar-refractivity contribution in [3.63, 3.8) is 0 Å². The summed E-state index contributed by atoms with van der Waals surface area (Å²) in [6, 6.07) is 5.37. The predicted molar refractivity (Wildman–Crippen MR) is 88.7 cm³/mol. The molecule has 114 valence electrons. The number of nitrogens with two attached hydrogens (primary N) is 2. The molecule has 3 nitrogen and oxygen atoms in total. The van der Waals surface area contributed by atoms with E-state index >= 15 is 0 Å². The van der Waals surface area contributed by atoms with Gasteiger partial charge in [-0.2, -0.15) is 0 Å². The summed E-state index contributed by atoms with van der Waals surface area (Å²) >= 11 is 0. The molecule has 0 saturated heterocycles. The van der Waals surface area contributed by atoms with Crippen molar-refractivity contribution >= 4 is 5.70 Å². The lowest BCUT2D eigenvalue weighted by Gasteiger charge is -2.27. The van der Waals surface area contributed by atoms with Gasteiger partial charge in [0.1, 0.15) is 5.75 Å². The largest absolute Gasteiger partial charge is 0.508 e. The van der Waals surface area contributed by atoms with Gasteiger partial charge in [-0.3, -0.25) is 0 Å². The highest BCUT2D eigenvalue weighted by atomic mass is 16.3. The van der Waals surface area contributed by atoms with Gasteiger partial charge in [0.05, 0.1) is 0 Å². The normalized spacial score (nSPS) is 23.4. The van der Waals surface area contributed by atoms with Crippen molar-refractivity contribution in [1.82, 2.24) is 0 Å². The third-order valence-corrected chi connectivity index (χ3v) is 4.31. The second-order valence-electron chi connectivity index (χ2n) is 5.87. The van der Waals surface area contributed by atoms with Crippen LogP contribution in [0.2, 0.25) is 0 Å². The zero-order valence-corrected chi connectivity index (χ0v) is 13.0. The van der Waals surface area contributed by atoms with Crippen molar-refractivity contribution in [2.24, 2.45) is 17.4 Å². The number of hydrogen-bond acceptors (Lipinski definition) is 3. The monoisotopic (exact) mass is 286 g/mol. The third-order valence-electron chi connectivity index (χ3n) is 4.31. The molecule has 0 aromatic heterocycles. The Morgan fingerprint density at radius 3 is 2.81 bits per heavy atom. The quantitative estimate of drug-likeness (QED) is 0.796. The summed E-state index contributed by atoms with van der Waals surface area (Å²) in [7, 11) is 0. The number of aromatic hydroxyl groups is 1. The van der Waals surface area contributed by atoms with Crippen LogP contribution in [0.5, 0.6) is 5.75 Å². The molecule has 1 saturated carbocycles. The zero-order valence-electron chi connectivity index (χ0n) is 13.0. The molecule has 0 amide bonds. The molecule has 1 atom stereocenters. The number of aryl methyl sites for hydroxylation is 1. The van der Waals surface area contributed by atoms with Crippen LogP contribution < -0.4 is 11.5 Å². The molecule has 0 heterocycles. The fourth-order valence-electron chi connectivity index (χ4n) is 3.12. The van der Waals surface area contributed by atoms with Gasteiger partial charge in [0.25, 0.3) is 0 Å².